The molecule has 2 aromatic rings. The van der Waals surface area contributed by atoms with E-state index in [4.69, 9.17) is 9.47 Å². The van der Waals surface area contributed by atoms with Crippen LogP contribution >= 0.6 is 0 Å². The van der Waals surface area contributed by atoms with Gasteiger partial charge in [-0.2, -0.15) is 0 Å². The second-order valence-electron chi connectivity index (χ2n) is 6.76. The average Bonchev–Trinajstić information content (AvgIpc) is 3.42. The van der Waals surface area contributed by atoms with Crippen LogP contribution in [0, 0.1) is 20.8 Å². The molecule has 132 valence electrons. The summed E-state index contributed by atoms with van der Waals surface area (Å²) in [5.74, 6) is 1.40. The summed E-state index contributed by atoms with van der Waals surface area (Å²) in [7, 11) is 1.38. The Morgan fingerprint density at radius 3 is 2.52 bits per heavy atom. The van der Waals surface area contributed by atoms with E-state index >= 15 is 0 Å². The number of nitrogens with one attached hydrogen (secondary N) is 1. The van der Waals surface area contributed by atoms with E-state index in [0.29, 0.717) is 12.5 Å². The van der Waals surface area contributed by atoms with Gasteiger partial charge in [0.05, 0.1) is 12.8 Å². The third-order valence-corrected chi connectivity index (χ3v) is 4.79. The molecule has 0 heterocycles. The minimum absolute atomic E-state index is 0.406. The largest absolute Gasteiger partial charge is 0.489 e. The Morgan fingerprint density at radius 2 is 1.84 bits per heavy atom. The first-order valence-electron chi connectivity index (χ1n) is 8.67. The first kappa shape index (κ1) is 17.3. The molecule has 0 aromatic heterocycles. The zero-order chi connectivity index (χ0) is 18.0. The number of hydrogen-bond donors (Lipinski definition) is 1. The Labute approximate surface area is 149 Å². The maximum atomic E-state index is 11.8. The summed E-state index contributed by atoms with van der Waals surface area (Å²) >= 11 is 0. The van der Waals surface area contributed by atoms with Gasteiger partial charge in [-0.1, -0.05) is 24.3 Å². The molecule has 0 atom stereocenters. The van der Waals surface area contributed by atoms with Crippen LogP contribution in [0.1, 0.15) is 46.6 Å². The van der Waals surface area contributed by atoms with Gasteiger partial charge in [-0.15, -0.1) is 0 Å². The van der Waals surface area contributed by atoms with Crippen molar-refractivity contribution in [3.05, 3.63) is 58.1 Å². The van der Waals surface area contributed by atoms with Crippen LogP contribution in [-0.4, -0.2) is 13.2 Å². The number of para-hydroxylation sites is 1. The molecule has 0 saturated heterocycles. The topological polar surface area (TPSA) is 47.6 Å². The number of aryl methyl sites for hydroxylation is 3. The lowest BCUT2D eigenvalue weighted by Gasteiger charge is -2.17. The van der Waals surface area contributed by atoms with Gasteiger partial charge in [-0.25, -0.2) is 4.79 Å². The van der Waals surface area contributed by atoms with E-state index in [1.54, 1.807) is 0 Å². The number of amides is 1. The minimum atomic E-state index is -0.447. The van der Waals surface area contributed by atoms with Crippen molar-refractivity contribution in [1.29, 1.82) is 0 Å². The van der Waals surface area contributed by atoms with Crippen LogP contribution in [0.2, 0.25) is 0 Å². The molecule has 1 aliphatic rings. The van der Waals surface area contributed by atoms with Crippen molar-refractivity contribution in [3.63, 3.8) is 0 Å². The molecule has 2 aromatic carbocycles. The summed E-state index contributed by atoms with van der Waals surface area (Å²) in [4.78, 5) is 11.8. The molecule has 1 N–H and O–H groups in total. The summed E-state index contributed by atoms with van der Waals surface area (Å²) in [6.07, 6.45) is 1.88. The van der Waals surface area contributed by atoms with Crippen LogP contribution < -0.4 is 10.1 Å². The molecule has 0 bridgehead atoms. The van der Waals surface area contributed by atoms with E-state index in [1.807, 2.05) is 12.1 Å². The lowest BCUT2D eigenvalue weighted by atomic mass is 10.0. The minimum Gasteiger partial charge on any atom is -0.489 e. The van der Waals surface area contributed by atoms with E-state index < -0.39 is 6.09 Å². The normalized spacial score (nSPS) is 13.4. The zero-order valence-corrected chi connectivity index (χ0v) is 15.3. The SMILES string of the molecule is COC(=O)Nc1c(COc2cc(C)c(C)cc2C)cccc1C1CC1. The van der Waals surface area contributed by atoms with Gasteiger partial charge in [-0.3, -0.25) is 5.32 Å². The van der Waals surface area contributed by atoms with Crippen molar-refractivity contribution in [2.45, 2.75) is 46.1 Å². The molecule has 4 heteroatoms. The van der Waals surface area contributed by atoms with Gasteiger partial charge in [0.2, 0.25) is 0 Å². The van der Waals surface area contributed by atoms with Gasteiger partial charge >= 0.3 is 6.09 Å². The van der Waals surface area contributed by atoms with Crippen LogP contribution in [0.25, 0.3) is 0 Å². The maximum absolute atomic E-state index is 11.8. The Bertz CT molecular complexity index is 794. The highest BCUT2D eigenvalue weighted by molar-refractivity contribution is 5.87. The third-order valence-electron chi connectivity index (χ3n) is 4.79. The molecule has 0 spiro atoms. The van der Waals surface area contributed by atoms with E-state index in [9.17, 15) is 4.79 Å². The predicted octanol–water partition coefficient (Wildman–Crippen LogP) is 5.25. The van der Waals surface area contributed by atoms with Crippen LogP contribution in [-0.2, 0) is 11.3 Å². The van der Waals surface area contributed by atoms with Gasteiger partial charge in [-0.05, 0) is 67.9 Å². The smallest absolute Gasteiger partial charge is 0.411 e. The van der Waals surface area contributed by atoms with Gasteiger partial charge < -0.3 is 9.47 Å². The molecule has 0 radical (unpaired) electrons. The number of carbonyl (C=O) groups excluding carboxylic acids is 1. The molecule has 1 saturated carbocycles. The quantitative estimate of drug-likeness (QED) is 0.809. The van der Waals surface area contributed by atoms with Crippen molar-refractivity contribution in [2.75, 3.05) is 12.4 Å². The number of benzene rings is 2. The first-order chi connectivity index (χ1) is 12.0. The second kappa shape index (κ2) is 7.18. The molecular weight excluding hydrogens is 314 g/mol. The lowest BCUT2D eigenvalue weighted by Crippen LogP contribution is -2.15. The molecule has 1 fully saturated rings. The molecule has 1 aliphatic carbocycles. The summed E-state index contributed by atoms with van der Waals surface area (Å²) in [6.45, 7) is 6.64. The molecular formula is C21H25NO3. The molecule has 3 rings (SSSR count). The van der Waals surface area contributed by atoms with Crippen molar-refractivity contribution >= 4 is 11.8 Å². The van der Waals surface area contributed by atoms with Crippen molar-refractivity contribution < 1.29 is 14.3 Å². The fourth-order valence-corrected chi connectivity index (χ4v) is 3.03. The third kappa shape index (κ3) is 3.95. The number of rotatable bonds is 5. The highest BCUT2D eigenvalue weighted by Crippen LogP contribution is 2.44. The lowest BCUT2D eigenvalue weighted by molar-refractivity contribution is 0.187. The standard InChI is InChI=1S/C21H25NO3/c1-13-10-15(3)19(11-14(13)2)25-12-17-6-5-7-18(16-8-9-16)20(17)22-21(23)24-4/h5-7,10-11,16H,8-9,12H2,1-4H3,(H,22,23). The van der Waals surface area contributed by atoms with E-state index in [1.165, 1.54) is 23.8 Å². The zero-order valence-electron chi connectivity index (χ0n) is 15.3. The van der Waals surface area contributed by atoms with Gasteiger partial charge in [0.1, 0.15) is 12.4 Å². The number of anilines is 1. The molecule has 4 nitrogen and oxygen atoms in total. The first-order valence-corrected chi connectivity index (χ1v) is 8.67. The van der Waals surface area contributed by atoms with E-state index in [-0.39, 0.29) is 0 Å². The van der Waals surface area contributed by atoms with Gasteiger partial charge in [0, 0.05) is 5.56 Å². The number of carbonyl (C=O) groups is 1. The van der Waals surface area contributed by atoms with Crippen molar-refractivity contribution in [3.8, 4) is 5.75 Å². The molecule has 1 amide bonds. The van der Waals surface area contributed by atoms with Crippen LogP contribution in [0.5, 0.6) is 5.75 Å². The highest BCUT2D eigenvalue weighted by atomic mass is 16.5. The monoisotopic (exact) mass is 339 g/mol. The van der Waals surface area contributed by atoms with Crippen LogP contribution in [0.15, 0.2) is 30.3 Å². The number of hydrogen-bond acceptors (Lipinski definition) is 3. The Balaban J connectivity index is 1.85. The Kier molecular flexibility index (Phi) is 4.98. The highest BCUT2D eigenvalue weighted by Gasteiger charge is 2.28. The molecule has 25 heavy (non-hydrogen) atoms. The van der Waals surface area contributed by atoms with Gasteiger partial charge in [0.15, 0.2) is 0 Å². The van der Waals surface area contributed by atoms with Crippen molar-refractivity contribution in [2.24, 2.45) is 0 Å². The van der Waals surface area contributed by atoms with Crippen molar-refractivity contribution in [1.82, 2.24) is 0 Å². The Hall–Kier alpha value is -2.49. The Morgan fingerprint density at radius 1 is 1.12 bits per heavy atom. The summed E-state index contributed by atoms with van der Waals surface area (Å²) < 4.78 is 10.9. The number of methoxy groups -OCH3 is 1. The fraction of sp³-hybridized carbons (Fsp3) is 0.381. The predicted molar refractivity (Wildman–Crippen MR) is 99.4 cm³/mol. The summed E-state index contributed by atoms with van der Waals surface area (Å²) in [5, 5.41) is 2.88. The van der Waals surface area contributed by atoms with E-state index in [2.05, 4.69) is 44.3 Å². The maximum Gasteiger partial charge on any atom is 0.411 e. The van der Waals surface area contributed by atoms with Crippen LogP contribution in [0.4, 0.5) is 10.5 Å². The van der Waals surface area contributed by atoms with Gasteiger partial charge in [0.25, 0.3) is 0 Å². The second-order valence-corrected chi connectivity index (χ2v) is 6.76. The van der Waals surface area contributed by atoms with E-state index in [0.717, 1.165) is 35.4 Å². The molecule has 0 unspecified atom stereocenters. The fourth-order valence-electron chi connectivity index (χ4n) is 3.03. The molecule has 0 aliphatic heterocycles. The summed E-state index contributed by atoms with van der Waals surface area (Å²) in [5.41, 5.74) is 6.55. The average molecular weight is 339 g/mol. The van der Waals surface area contributed by atoms with Crippen LogP contribution in [0.3, 0.4) is 0 Å². The summed E-state index contributed by atoms with van der Waals surface area (Å²) in [6, 6.07) is 10.3. The number of ether oxygens (including phenoxy) is 2.